The number of benzene rings is 2. The molecule has 156 valence electrons. The molecule has 2 aromatic carbocycles. The summed E-state index contributed by atoms with van der Waals surface area (Å²) in [6, 6.07) is 12.9. The fourth-order valence-electron chi connectivity index (χ4n) is 3.83. The maximum atomic E-state index is 9.94. The highest BCUT2D eigenvalue weighted by Gasteiger charge is 2.32. The summed E-state index contributed by atoms with van der Waals surface area (Å²) in [6.07, 6.45) is 2.58. The van der Waals surface area contributed by atoms with Crippen LogP contribution in [-0.2, 0) is 6.54 Å². The minimum Gasteiger partial charge on any atom is -0.508 e. The lowest BCUT2D eigenvalue weighted by atomic mass is 9.84. The molecule has 0 amide bonds. The molecule has 3 aromatic rings. The van der Waals surface area contributed by atoms with Crippen molar-refractivity contribution in [3.8, 4) is 23.1 Å². The normalized spacial score (nSPS) is 14.7. The van der Waals surface area contributed by atoms with Crippen molar-refractivity contribution in [1.29, 1.82) is 5.41 Å². The number of rotatable bonds is 6. The van der Waals surface area contributed by atoms with Crippen molar-refractivity contribution >= 4 is 0 Å². The maximum absolute atomic E-state index is 9.94. The lowest BCUT2D eigenvalue weighted by Gasteiger charge is -2.28. The molecule has 0 bridgehead atoms. The summed E-state index contributed by atoms with van der Waals surface area (Å²) in [6.45, 7) is 1.64. The van der Waals surface area contributed by atoms with Crippen LogP contribution in [0.25, 0.3) is 0 Å². The number of nitrogens with zero attached hydrogens (tertiary/aromatic N) is 3. The molecule has 0 saturated heterocycles. The summed E-state index contributed by atoms with van der Waals surface area (Å²) >= 11 is 0. The molecule has 1 atom stereocenters. The second-order valence-electron chi connectivity index (χ2n) is 7.69. The molecule has 4 rings (SSSR count). The van der Waals surface area contributed by atoms with Crippen LogP contribution in [0, 0.1) is 5.41 Å². The number of phenolic OH excluding ortho intramolecular Hbond substituents is 1. The zero-order valence-electron chi connectivity index (χ0n) is 17.4. The summed E-state index contributed by atoms with van der Waals surface area (Å²) in [5.74, 6) is 1.64. The molecule has 7 nitrogen and oxygen atoms in total. The average Bonchev–Trinajstić information content (AvgIpc) is 2.73. The smallest absolute Gasteiger partial charge is 0.228 e. The van der Waals surface area contributed by atoms with Gasteiger partial charge in [-0.05, 0) is 50.8 Å². The highest BCUT2D eigenvalue weighted by Crippen LogP contribution is 2.46. The van der Waals surface area contributed by atoms with Gasteiger partial charge in [0, 0.05) is 24.1 Å². The van der Waals surface area contributed by atoms with E-state index >= 15 is 0 Å². The first-order valence-electron chi connectivity index (χ1n) is 9.91. The Morgan fingerprint density at radius 3 is 2.67 bits per heavy atom. The van der Waals surface area contributed by atoms with Crippen molar-refractivity contribution in [2.45, 2.75) is 18.9 Å². The van der Waals surface area contributed by atoms with E-state index in [1.165, 1.54) is 0 Å². The first-order chi connectivity index (χ1) is 14.5. The predicted molar refractivity (Wildman–Crippen MR) is 113 cm³/mol. The van der Waals surface area contributed by atoms with Crippen LogP contribution in [0.5, 0.6) is 23.1 Å². The summed E-state index contributed by atoms with van der Waals surface area (Å²) in [4.78, 5) is 6.64. The highest BCUT2D eigenvalue weighted by molar-refractivity contribution is 5.57. The molecule has 0 saturated carbocycles. The van der Waals surface area contributed by atoms with Gasteiger partial charge in [0.2, 0.25) is 5.88 Å². The third kappa shape index (κ3) is 3.76. The predicted octanol–water partition coefficient (Wildman–Crippen LogP) is 3.31. The van der Waals surface area contributed by atoms with Crippen molar-refractivity contribution in [3.05, 3.63) is 71.0 Å². The molecule has 1 unspecified atom stereocenters. The van der Waals surface area contributed by atoms with Crippen LogP contribution >= 0.6 is 0 Å². The molecular formula is C23H26N4O3. The van der Waals surface area contributed by atoms with Gasteiger partial charge in [-0.2, -0.15) is 0 Å². The van der Waals surface area contributed by atoms with E-state index in [9.17, 15) is 5.11 Å². The minimum atomic E-state index is -0.225. The largest absolute Gasteiger partial charge is 0.508 e. The van der Waals surface area contributed by atoms with E-state index in [4.69, 9.17) is 14.9 Å². The van der Waals surface area contributed by atoms with Gasteiger partial charge in [-0.3, -0.25) is 5.41 Å². The second-order valence-corrected chi connectivity index (χ2v) is 7.69. The van der Waals surface area contributed by atoms with Crippen LogP contribution in [0.4, 0.5) is 0 Å². The Bertz CT molecular complexity index is 1110. The Balaban J connectivity index is 1.82. The van der Waals surface area contributed by atoms with E-state index < -0.39 is 0 Å². The minimum absolute atomic E-state index is 0.131. The standard InChI is InChI=1S/C23H26N4O3/c1-26(2)11-4-12-27-14-25-23-21(22(27)24)20(15-5-8-17(29-3)9-6-15)18-10-7-16(28)13-19(18)30-23/h5-10,13-14,20,24,28H,4,11-12H2,1-3H3. The van der Waals surface area contributed by atoms with Gasteiger partial charge in [0.25, 0.3) is 0 Å². The molecule has 2 heterocycles. The van der Waals surface area contributed by atoms with Gasteiger partial charge >= 0.3 is 0 Å². The lowest BCUT2D eigenvalue weighted by Crippen LogP contribution is -2.30. The van der Waals surface area contributed by atoms with Gasteiger partial charge in [0.05, 0.1) is 12.7 Å². The van der Waals surface area contributed by atoms with Crippen LogP contribution in [0.3, 0.4) is 0 Å². The maximum Gasteiger partial charge on any atom is 0.228 e. The average molecular weight is 406 g/mol. The van der Waals surface area contributed by atoms with E-state index in [1.807, 2.05) is 49.0 Å². The molecule has 1 aliphatic rings. The SMILES string of the molecule is COc1ccc(C2c3ccc(O)cc3Oc3ncn(CCCN(C)C)c(=N)c32)cc1. The number of nitrogens with one attached hydrogen (secondary N) is 1. The van der Waals surface area contributed by atoms with Crippen molar-refractivity contribution in [3.63, 3.8) is 0 Å². The van der Waals surface area contributed by atoms with Gasteiger partial charge in [-0.15, -0.1) is 0 Å². The van der Waals surface area contributed by atoms with E-state index in [-0.39, 0.29) is 11.7 Å². The number of methoxy groups -OCH3 is 1. The van der Waals surface area contributed by atoms with Crippen LogP contribution in [0.2, 0.25) is 0 Å². The molecule has 2 N–H and O–H groups in total. The lowest BCUT2D eigenvalue weighted by molar-refractivity contribution is 0.378. The molecule has 0 fully saturated rings. The second kappa shape index (κ2) is 8.20. The number of ether oxygens (including phenoxy) is 2. The van der Waals surface area contributed by atoms with E-state index in [2.05, 4.69) is 9.88 Å². The number of aromatic hydroxyl groups is 1. The summed E-state index contributed by atoms with van der Waals surface area (Å²) < 4.78 is 13.2. The molecule has 1 aromatic heterocycles. The number of phenols is 1. The fraction of sp³-hybridized carbons (Fsp3) is 0.304. The Hall–Kier alpha value is -3.32. The van der Waals surface area contributed by atoms with Gasteiger partial charge in [0.1, 0.15) is 29.1 Å². The summed E-state index contributed by atoms with van der Waals surface area (Å²) in [7, 11) is 5.72. The Morgan fingerprint density at radius 1 is 1.20 bits per heavy atom. The number of aromatic nitrogens is 2. The van der Waals surface area contributed by atoms with Crippen LogP contribution in [-0.4, -0.2) is 47.3 Å². The monoisotopic (exact) mass is 406 g/mol. The first kappa shape index (κ1) is 20.0. The van der Waals surface area contributed by atoms with Gasteiger partial charge in [0.15, 0.2) is 0 Å². The third-order valence-corrected chi connectivity index (χ3v) is 5.34. The van der Waals surface area contributed by atoms with Crippen molar-refractivity contribution in [2.24, 2.45) is 0 Å². The third-order valence-electron chi connectivity index (χ3n) is 5.34. The molecule has 1 aliphatic heterocycles. The van der Waals surface area contributed by atoms with E-state index in [0.29, 0.717) is 23.7 Å². The summed E-state index contributed by atoms with van der Waals surface area (Å²) in [5.41, 5.74) is 3.02. The topological polar surface area (TPSA) is 83.6 Å². The fourth-order valence-corrected chi connectivity index (χ4v) is 3.83. The Labute approximate surface area is 175 Å². The Kier molecular flexibility index (Phi) is 5.46. The molecule has 0 radical (unpaired) electrons. The number of hydrogen-bond acceptors (Lipinski definition) is 6. The van der Waals surface area contributed by atoms with Crippen molar-refractivity contribution < 1.29 is 14.6 Å². The zero-order valence-corrected chi connectivity index (χ0v) is 17.4. The van der Waals surface area contributed by atoms with Crippen LogP contribution in [0.15, 0.2) is 48.8 Å². The highest BCUT2D eigenvalue weighted by atomic mass is 16.5. The molecule has 0 aliphatic carbocycles. The quantitative estimate of drug-likeness (QED) is 0.513. The molecule has 30 heavy (non-hydrogen) atoms. The number of fused-ring (bicyclic) bond motifs is 2. The number of hydrogen-bond donors (Lipinski definition) is 2. The first-order valence-corrected chi connectivity index (χ1v) is 9.91. The number of aryl methyl sites for hydroxylation is 1. The van der Waals surface area contributed by atoms with Crippen LogP contribution in [0.1, 0.15) is 29.0 Å². The zero-order chi connectivity index (χ0) is 21.3. The van der Waals surface area contributed by atoms with E-state index in [1.54, 1.807) is 25.6 Å². The van der Waals surface area contributed by atoms with Crippen LogP contribution < -0.4 is 15.0 Å². The van der Waals surface area contributed by atoms with Crippen molar-refractivity contribution in [2.75, 3.05) is 27.7 Å². The van der Waals surface area contributed by atoms with Gasteiger partial charge in [-0.25, -0.2) is 4.98 Å². The molecule has 0 spiro atoms. The van der Waals surface area contributed by atoms with Gasteiger partial charge < -0.3 is 24.0 Å². The molecule has 7 heteroatoms. The summed E-state index contributed by atoms with van der Waals surface area (Å²) in [5, 5.41) is 18.8. The van der Waals surface area contributed by atoms with Crippen molar-refractivity contribution in [1.82, 2.24) is 14.5 Å². The Morgan fingerprint density at radius 2 is 1.97 bits per heavy atom. The van der Waals surface area contributed by atoms with E-state index in [0.717, 1.165) is 35.4 Å². The molecular weight excluding hydrogens is 380 g/mol. The van der Waals surface area contributed by atoms with Gasteiger partial charge in [-0.1, -0.05) is 18.2 Å².